The lowest BCUT2D eigenvalue weighted by atomic mass is 10.1. The Balaban J connectivity index is 1.81. The van der Waals surface area contributed by atoms with Crippen LogP contribution in [0.3, 0.4) is 0 Å². The molecule has 0 bridgehead atoms. The molecular formula is C18H15N3O3. The molecule has 4 rings (SSSR count). The van der Waals surface area contributed by atoms with E-state index in [4.69, 9.17) is 9.15 Å². The molecule has 0 saturated heterocycles. The molecule has 1 aromatic carbocycles. The minimum absolute atomic E-state index is 0.209. The number of carbonyl (C=O) groups is 1. The summed E-state index contributed by atoms with van der Waals surface area (Å²) < 4.78 is 12.6. The average Bonchev–Trinajstić information content (AvgIpc) is 3.16. The van der Waals surface area contributed by atoms with Crippen LogP contribution in [0.4, 0.5) is 0 Å². The van der Waals surface area contributed by atoms with Crippen molar-refractivity contribution < 1.29 is 13.9 Å². The van der Waals surface area contributed by atoms with Crippen LogP contribution < -0.4 is 0 Å². The minimum atomic E-state index is -0.283. The molecule has 3 aromatic heterocycles. The smallest absolute Gasteiger partial charge is 0.309 e. The molecule has 24 heavy (non-hydrogen) atoms. The Morgan fingerprint density at radius 3 is 3.04 bits per heavy atom. The first-order valence-electron chi connectivity index (χ1n) is 7.52. The third-order valence-electron chi connectivity index (χ3n) is 3.99. The molecule has 6 nitrogen and oxygen atoms in total. The fourth-order valence-corrected chi connectivity index (χ4v) is 2.82. The molecule has 0 aliphatic rings. The predicted molar refractivity (Wildman–Crippen MR) is 89.4 cm³/mol. The first-order chi connectivity index (χ1) is 11.7. The van der Waals surface area contributed by atoms with E-state index in [1.807, 2.05) is 48.1 Å². The molecule has 0 radical (unpaired) electrons. The number of hydrogen-bond donors (Lipinski definition) is 0. The fourth-order valence-electron chi connectivity index (χ4n) is 2.82. The third-order valence-corrected chi connectivity index (χ3v) is 3.99. The molecule has 6 heteroatoms. The second kappa shape index (κ2) is 5.49. The van der Waals surface area contributed by atoms with Crippen molar-refractivity contribution in [1.29, 1.82) is 0 Å². The van der Waals surface area contributed by atoms with E-state index in [9.17, 15) is 4.79 Å². The van der Waals surface area contributed by atoms with Gasteiger partial charge in [-0.3, -0.25) is 4.79 Å². The van der Waals surface area contributed by atoms with E-state index < -0.39 is 0 Å². The number of fused-ring (bicyclic) bond motifs is 2. The van der Waals surface area contributed by atoms with Crippen LogP contribution in [0.5, 0.6) is 0 Å². The quantitative estimate of drug-likeness (QED) is 0.542. The Bertz CT molecular complexity index is 1060. The van der Waals surface area contributed by atoms with Crippen molar-refractivity contribution in [3.05, 3.63) is 48.3 Å². The molecule has 0 saturated carbocycles. The number of methoxy groups -OCH3 is 1. The van der Waals surface area contributed by atoms with Crippen LogP contribution in [-0.2, 0) is 23.0 Å². The monoisotopic (exact) mass is 321 g/mol. The molecule has 0 fully saturated rings. The summed E-state index contributed by atoms with van der Waals surface area (Å²) in [5.41, 5.74) is 4.00. The fraction of sp³-hybridized carbons (Fsp3) is 0.167. The van der Waals surface area contributed by atoms with Gasteiger partial charge in [-0.05, 0) is 29.8 Å². The van der Waals surface area contributed by atoms with Gasteiger partial charge in [-0.25, -0.2) is 9.97 Å². The highest BCUT2D eigenvalue weighted by Crippen LogP contribution is 2.31. The maximum atomic E-state index is 11.4. The van der Waals surface area contributed by atoms with Crippen molar-refractivity contribution in [2.45, 2.75) is 6.42 Å². The molecule has 0 unspecified atom stereocenters. The van der Waals surface area contributed by atoms with Crippen LogP contribution in [-0.4, -0.2) is 27.6 Å². The third kappa shape index (κ3) is 2.32. The number of benzene rings is 1. The SMILES string of the molecule is COC(=O)Cc1ccc2nc(-c3cn(C)c4ncccc34)oc2c1. The molecule has 4 aromatic rings. The van der Waals surface area contributed by atoms with Crippen molar-refractivity contribution in [2.24, 2.45) is 7.05 Å². The summed E-state index contributed by atoms with van der Waals surface area (Å²) in [4.78, 5) is 20.4. The molecule has 0 N–H and O–H groups in total. The number of oxazole rings is 1. The lowest BCUT2D eigenvalue weighted by molar-refractivity contribution is -0.139. The molecule has 0 aliphatic heterocycles. The van der Waals surface area contributed by atoms with Gasteiger partial charge in [0.15, 0.2) is 5.58 Å². The number of pyridine rings is 1. The number of ether oxygens (including phenoxy) is 1. The molecule has 0 amide bonds. The minimum Gasteiger partial charge on any atom is -0.469 e. The lowest BCUT2D eigenvalue weighted by Gasteiger charge is -1.98. The summed E-state index contributed by atoms with van der Waals surface area (Å²) in [6, 6.07) is 9.42. The van der Waals surface area contributed by atoms with E-state index in [0.29, 0.717) is 11.5 Å². The van der Waals surface area contributed by atoms with Crippen LogP contribution in [0.15, 0.2) is 47.1 Å². The van der Waals surface area contributed by atoms with Crippen LogP contribution >= 0.6 is 0 Å². The summed E-state index contributed by atoms with van der Waals surface area (Å²) in [7, 11) is 3.32. The van der Waals surface area contributed by atoms with E-state index in [2.05, 4.69) is 9.97 Å². The van der Waals surface area contributed by atoms with Gasteiger partial charge in [-0.2, -0.15) is 0 Å². The van der Waals surface area contributed by atoms with Gasteiger partial charge < -0.3 is 13.7 Å². The van der Waals surface area contributed by atoms with Gasteiger partial charge in [0.05, 0.1) is 19.1 Å². The van der Waals surface area contributed by atoms with Crippen molar-refractivity contribution in [3.63, 3.8) is 0 Å². The summed E-state index contributed by atoms with van der Waals surface area (Å²) in [5.74, 6) is 0.257. The first kappa shape index (κ1) is 14.4. The Hall–Kier alpha value is -3.15. The Kier molecular flexibility index (Phi) is 3.30. The summed E-state index contributed by atoms with van der Waals surface area (Å²) in [5, 5.41) is 0.987. The average molecular weight is 321 g/mol. The molecule has 120 valence electrons. The molecule has 0 spiro atoms. The van der Waals surface area contributed by atoms with Gasteiger partial charge >= 0.3 is 5.97 Å². The van der Waals surface area contributed by atoms with E-state index >= 15 is 0 Å². The van der Waals surface area contributed by atoms with E-state index in [1.165, 1.54) is 7.11 Å². The molecule has 3 heterocycles. The largest absolute Gasteiger partial charge is 0.469 e. The Labute approximate surface area is 137 Å². The number of aromatic nitrogens is 3. The normalized spacial score (nSPS) is 11.2. The number of rotatable bonds is 3. The van der Waals surface area contributed by atoms with E-state index in [-0.39, 0.29) is 12.4 Å². The van der Waals surface area contributed by atoms with E-state index in [0.717, 1.165) is 27.7 Å². The first-order valence-corrected chi connectivity index (χ1v) is 7.52. The van der Waals surface area contributed by atoms with Crippen molar-refractivity contribution in [3.8, 4) is 11.5 Å². The number of esters is 1. The van der Waals surface area contributed by atoms with Gasteiger partial charge in [-0.1, -0.05) is 6.07 Å². The molecule has 0 atom stereocenters. The highest BCUT2D eigenvalue weighted by molar-refractivity contribution is 5.93. The topological polar surface area (TPSA) is 70.2 Å². The Morgan fingerprint density at radius 2 is 2.21 bits per heavy atom. The number of hydrogen-bond acceptors (Lipinski definition) is 5. The van der Waals surface area contributed by atoms with Gasteiger partial charge in [0.2, 0.25) is 5.89 Å². The van der Waals surface area contributed by atoms with Crippen LogP contribution in [0.25, 0.3) is 33.6 Å². The highest BCUT2D eigenvalue weighted by Gasteiger charge is 2.15. The Morgan fingerprint density at radius 1 is 1.33 bits per heavy atom. The van der Waals surface area contributed by atoms with Gasteiger partial charge in [0, 0.05) is 24.8 Å². The van der Waals surface area contributed by atoms with Gasteiger partial charge in [-0.15, -0.1) is 0 Å². The van der Waals surface area contributed by atoms with Crippen molar-refractivity contribution in [1.82, 2.24) is 14.5 Å². The summed E-state index contributed by atoms with van der Waals surface area (Å²) in [6.45, 7) is 0. The standard InChI is InChI=1S/C18H15N3O3/c1-21-10-13(12-4-3-7-19-17(12)21)18-20-14-6-5-11(8-15(14)24-18)9-16(22)23-2/h3-8,10H,9H2,1-2H3. The van der Waals surface area contributed by atoms with Crippen molar-refractivity contribution >= 4 is 28.1 Å². The predicted octanol–water partition coefficient (Wildman–Crippen LogP) is 3.10. The van der Waals surface area contributed by atoms with Gasteiger partial charge in [0.1, 0.15) is 11.2 Å². The van der Waals surface area contributed by atoms with Crippen LogP contribution in [0.2, 0.25) is 0 Å². The lowest BCUT2D eigenvalue weighted by Crippen LogP contribution is -2.03. The van der Waals surface area contributed by atoms with Crippen molar-refractivity contribution in [2.75, 3.05) is 7.11 Å². The number of carbonyl (C=O) groups excluding carboxylic acids is 1. The maximum absolute atomic E-state index is 11.4. The highest BCUT2D eigenvalue weighted by atomic mass is 16.5. The summed E-state index contributed by atoms with van der Waals surface area (Å²) in [6.07, 6.45) is 3.93. The number of aryl methyl sites for hydroxylation is 1. The maximum Gasteiger partial charge on any atom is 0.309 e. The van der Waals surface area contributed by atoms with Gasteiger partial charge in [0.25, 0.3) is 0 Å². The molecular weight excluding hydrogens is 306 g/mol. The zero-order chi connectivity index (χ0) is 16.7. The zero-order valence-corrected chi connectivity index (χ0v) is 13.3. The second-order valence-corrected chi connectivity index (χ2v) is 5.60. The van der Waals surface area contributed by atoms with Crippen LogP contribution in [0, 0.1) is 0 Å². The zero-order valence-electron chi connectivity index (χ0n) is 13.3. The van der Waals surface area contributed by atoms with Crippen LogP contribution in [0.1, 0.15) is 5.56 Å². The number of nitrogens with zero attached hydrogens (tertiary/aromatic N) is 3. The van der Waals surface area contributed by atoms with E-state index in [1.54, 1.807) is 6.20 Å². The second-order valence-electron chi connectivity index (χ2n) is 5.60. The summed E-state index contributed by atoms with van der Waals surface area (Å²) >= 11 is 0. The molecule has 0 aliphatic carbocycles.